The number of Topliss-reactive ketones (excluding diaryl/α,β-unsaturated/α-hetero) is 1. The van der Waals surface area contributed by atoms with E-state index in [4.69, 9.17) is 38.4 Å². The van der Waals surface area contributed by atoms with Crippen molar-refractivity contribution in [3.05, 3.63) is 56.3 Å². The van der Waals surface area contributed by atoms with Crippen molar-refractivity contribution in [1.29, 1.82) is 0 Å². The van der Waals surface area contributed by atoms with E-state index in [1.165, 1.54) is 0 Å². The van der Waals surface area contributed by atoms with Crippen molar-refractivity contribution in [3.63, 3.8) is 0 Å². The van der Waals surface area contributed by atoms with Gasteiger partial charge in [0.2, 0.25) is 0 Å². The zero-order chi connectivity index (χ0) is 22.8. The maximum Gasteiger partial charge on any atom is 0.336 e. The van der Waals surface area contributed by atoms with Gasteiger partial charge >= 0.3 is 5.97 Å². The average molecular weight is 467 g/mol. The van der Waals surface area contributed by atoms with Crippen LogP contribution in [0.15, 0.2) is 40.7 Å². The van der Waals surface area contributed by atoms with Crippen molar-refractivity contribution in [1.82, 2.24) is 5.32 Å². The summed E-state index contributed by atoms with van der Waals surface area (Å²) in [6, 6.07) is 5.17. The highest BCUT2D eigenvalue weighted by atomic mass is 35.5. The van der Waals surface area contributed by atoms with E-state index in [9.17, 15) is 9.59 Å². The van der Waals surface area contributed by atoms with Gasteiger partial charge in [0.25, 0.3) is 0 Å². The molecule has 0 aromatic heterocycles. The van der Waals surface area contributed by atoms with Gasteiger partial charge in [0.05, 0.1) is 41.1 Å². The molecule has 3 N–H and O–H groups in total. The third-order valence-electron chi connectivity index (χ3n) is 5.41. The number of hydrogen-bond donors (Lipinski definition) is 2. The summed E-state index contributed by atoms with van der Waals surface area (Å²) in [6.45, 7) is 6.91. The molecule has 8 heteroatoms. The van der Waals surface area contributed by atoms with Crippen LogP contribution in [0.5, 0.6) is 0 Å². The first-order valence-electron chi connectivity index (χ1n) is 10.3. The van der Waals surface area contributed by atoms with E-state index in [1.807, 2.05) is 0 Å². The van der Waals surface area contributed by atoms with Gasteiger partial charge in [-0.3, -0.25) is 4.79 Å². The maximum absolute atomic E-state index is 13.3. The van der Waals surface area contributed by atoms with E-state index >= 15 is 0 Å². The molecule has 0 spiro atoms. The fourth-order valence-corrected chi connectivity index (χ4v) is 4.50. The van der Waals surface area contributed by atoms with E-state index in [0.717, 1.165) is 5.70 Å². The van der Waals surface area contributed by atoms with Gasteiger partial charge in [0, 0.05) is 30.2 Å². The molecule has 0 radical (unpaired) electrons. The Labute approximate surface area is 192 Å². The smallest absolute Gasteiger partial charge is 0.336 e. The van der Waals surface area contributed by atoms with Crippen LogP contribution in [0.2, 0.25) is 10.0 Å². The highest BCUT2D eigenvalue weighted by Gasteiger charge is 2.43. The van der Waals surface area contributed by atoms with Gasteiger partial charge < -0.3 is 20.5 Å². The number of nitrogens with one attached hydrogen (secondary N) is 1. The summed E-state index contributed by atoms with van der Waals surface area (Å²) < 4.78 is 11.0. The third kappa shape index (κ3) is 5.14. The van der Waals surface area contributed by atoms with Crippen molar-refractivity contribution in [3.8, 4) is 0 Å². The molecular weight excluding hydrogens is 439 g/mol. The second kappa shape index (κ2) is 9.74. The van der Waals surface area contributed by atoms with E-state index in [0.29, 0.717) is 58.4 Å². The van der Waals surface area contributed by atoms with Crippen LogP contribution in [0.3, 0.4) is 0 Å². The molecule has 0 fully saturated rings. The lowest BCUT2D eigenvalue weighted by Crippen LogP contribution is -2.40. The number of nitrogens with two attached hydrogens (primary N) is 1. The summed E-state index contributed by atoms with van der Waals surface area (Å²) in [5.74, 6) is -1.12. The van der Waals surface area contributed by atoms with Crippen molar-refractivity contribution in [2.75, 3.05) is 26.4 Å². The number of carbonyl (C=O) groups is 2. The first kappa shape index (κ1) is 23.8. The molecule has 1 heterocycles. The molecule has 2 aliphatic rings. The van der Waals surface area contributed by atoms with Crippen LogP contribution in [-0.4, -0.2) is 38.1 Å². The van der Waals surface area contributed by atoms with Crippen molar-refractivity contribution >= 4 is 35.0 Å². The van der Waals surface area contributed by atoms with Crippen LogP contribution < -0.4 is 11.1 Å². The SMILES string of the molecule is CCOC(=O)C1=C(COCCN)NC2=C(C(=O)CC(C)(C)C2)C1c1ccc(Cl)c(Cl)c1. The first-order chi connectivity index (χ1) is 14.7. The highest BCUT2D eigenvalue weighted by molar-refractivity contribution is 6.42. The number of hydrogen-bond acceptors (Lipinski definition) is 6. The summed E-state index contributed by atoms with van der Waals surface area (Å²) in [5.41, 5.74) is 8.37. The minimum absolute atomic E-state index is 0.00134. The Hall–Kier alpha value is -1.86. The zero-order valence-corrected chi connectivity index (χ0v) is 19.5. The number of rotatable bonds is 7. The van der Waals surface area contributed by atoms with Gasteiger partial charge in [-0.2, -0.15) is 0 Å². The Balaban J connectivity index is 2.20. The average Bonchev–Trinajstić information content (AvgIpc) is 2.68. The van der Waals surface area contributed by atoms with E-state index in [1.54, 1.807) is 25.1 Å². The number of dihydropyridines is 1. The number of halogens is 2. The third-order valence-corrected chi connectivity index (χ3v) is 6.14. The molecule has 1 aliphatic carbocycles. The molecule has 1 unspecified atom stereocenters. The Kier molecular flexibility index (Phi) is 7.47. The molecule has 0 saturated heterocycles. The summed E-state index contributed by atoms with van der Waals surface area (Å²) in [7, 11) is 0. The Morgan fingerprint density at radius 3 is 2.65 bits per heavy atom. The van der Waals surface area contributed by atoms with Crippen LogP contribution in [0.25, 0.3) is 0 Å². The molecule has 0 amide bonds. The van der Waals surface area contributed by atoms with Gasteiger partial charge in [-0.15, -0.1) is 0 Å². The van der Waals surface area contributed by atoms with Gasteiger partial charge in [-0.1, -0.05) is 43.1 Å². The Bertz CT molecular complexity index is 953. The minimum atomic E-state index is -0.620. The zero-order valence-electron chi connectivity index (χ0n) is 18.0. The maximum atomic E-state index is 13.3. The molecular formula is C23H28Cl2N2O4. The van der Waals surface area contributed by atoms with Crippen LogP contribution in [0, 0.1) is 5.41 Å². The van der Waals surface area contributed by atoms with Crippen LogP contribution >= 0.6 is 23.2 Å². The second-order valence-corrected chi connectivity index (χ2v) is 9.33. The molecule has 0 saturated carbocycles. The molecule has 3 rings (SSSR count). The minimum Gasteiger partial charge on any atom is -0.463 e. The normalized spacial score (nSPS) is 20.5. The predicted molar refractivity (Wildman–Crippen MR) is 121 cm³/mol. The lowest BCUT2D eigenvalue weighted by atomic mass is 9.68. The fourth-order valence-electron chi connectivity index (χ4n) is 4.20. The van der Waals surface area contributed by atoms with Gasteiger partial charge in [0.1, 0.15) is 0 Å². The van der Waals surface area contributed by atoms with Crippen LogP contribution in [-0.2, 0) is 19.1 Å². The van der Waals surface area contributed by atoms with Crippen LogP contribution in [0.1, 0.15) is 45.1 Å². The molecule has 1 atom stereocenters. The lowest BCUT2D eigenvalue weighted by Gasteiger charge is -2.40. The number of esters is 1. The molecule has 6 nitrogen and oxygen atoms in total. The van der Waals surface area contributed by atoms with Gasteiger partial charge in [-0.25, -0.2) is 4.79 Å². The van der Waals surface area contributed by atoms with Gasteiger partial charge in [0.15, 0.2) is 5.78 Å². The molecule has 168 valence electrons. The van der Waals surface area contributed by atoms with Crippen LogP contribution in [0.4, 0.5) is 0 Å². The van der Waals surface area contributed by atoms with Crippen molar-refractivity contribution in [2.45, 2.75) is 39.5 Å². The molecule has 1 aliphatic heterocycles. The fraction of sp³-hybridized carbons (Fsp3) is 0.478. The molecule has 1 aromatic carbocycles. The van der Waals surface area contributed by atoms with Crippen molar-refractivity contribution in [2.24, 2.45) is 11.1 Å². The largest absolute Gasteiger partial charge is 0.463 e. The van der Waals surface area contributed by atoms with Crippen molar-refractivity contribution < 1.29 is 19.1 Å². The summed E-state index contributed by atoms with van der Waals surface area (Å²) in [6.07, 6.45) is 1.06. The number of ketones is 1. The summed E-state index contributed by atoms with van der Waals surface area (Å²) in [4.78, 5) is 26.4. The Morgan fingerprint density at radius 1 is 1.26 bits per heavy atom. The number of allylic oxidation sites excluding steroid dienone is 2. The summed E-state index contributed by atoms with van der Waals surface area (Å²) >= 11 is 12.4. The topological polar surface area (TPSA) is 90.7 Å². The number of benzene rings is 1. The lowest BCUT2D eigenvalue weighted by molar-refractivity contribution is -0.139. The molecule has 0 bridgehead atoms. The second-order valence-electron chi connectivity index (χ2n) is 8.52. The molecule has 31 heavy (non-hydrogen) atoms. The Morgan fingerprint density at radius 2 is 2.00 bits per heavy atom. The van der Waals surface area contributed by atoms with E-state index < -0.39 is 11.9 Å². The summed E-state index contributed by atoms with van der Waals surface area (Å²) in [5, 5.41) is 4.08. The van der Waals surface area contributed by atoms with E-state index in [-0.39, 0.29) is 24.4 Å². The quantitative estimate of drug-likeness (QED) is 0.463. The predicted octanol–water partition coefficient (Wildman–Crippen LogP) is 4.12. The number of carbonyl (C=O) groups excluding carboxylic acids is 2. The highest BCUT2D eigenvalue weighted by Crippen LogP contribution is 2.47. The first-order valence-corrected chi connectivity index (χ1v) is 11.1. The number of ether oxygens (including phenoxy) is 2. The molecule has 1 aromatic rings. The van der Waals surface area contributed by atoms with Gasteiger partial charge in [-0.05, 0) is 36.5 Å². The van der Waals surface area contributed by atoms with E-state index in [2.05, 4.69) is 19.2 Å². The monoisotopic (exact) mass is 466 g/mol. The standard InChI is InChI=1S/C23H28Cl2N2O4/c1-4-31-22(29)21-17(12-30-8-7-26)27-16-10-23(2,3)11-18(28)20(16)19(21)13-5-6-14(24)15(25)9-13/h5-6,9,19,27H,4,7-8,10-12,26H2,1-3H3.